The Bertz CT molecular complexity index is 1260. The van der Waals surface area contributed by atoms with Gasteiger partial charge in [0, 0.05) is 23.7 Å². The highest BCUT2D eigenvalue weighted by Gasteiger charge is 2.16. The molecule has 0 aliphatic heterocycles. The smallest absolute Gasteiger partial charge is 0.319 e. The average molecular weight is 462 g/mol. The molecule has 7 nitrogen and oxygen atoms in total. The zero-order valence-electron chi connectivity index (χ0n) is 18.9. The number of fused-ring (bicyclic) bond motifs is 1. The van der Waals surface area contributed by atoms with Gasteiger partial charge in [-0.25, -0.2) is 4.79 Å². The van der Waals surface area contributed by atoms with E-state index >= 15 is 0 Å². The van der Waals surface area contributed by atoms with E-state index in [9.17, 15) is 9.59 Å². The van der Waals surface area contributed by atoms with Crippen molar-refractivity contribution in [1.29, 1.82) is 0 Å². The molecular weight excluding hydrogens is 434 g/mol. The fourth-order valence-corrected chi connectivity index (χ4v) is 4.57. The summed E-state index contributed by atoms with van der Waals surface area (Å²) in [6, 6.07) is 19.3. The Labute approximate surface area is 196 Å². The van der Waals surface area contributed by atoms with E-state index in [1.807, 2.05) is 74.0 Å². The number of aromatic nitrogens is 2. The van der Waals surface area contributed by atoms with Crippen molar-refractivity contribution < 1.29 is 9.59 Å². The Morgan fingerprint density at radius 2 is 1.76 bits per heavy atom. The number of carbonyl (C=O) groups excluding carboxylic acids is 2. The molecule has 0 spiro atoms. The molecule has 2 aromatic carbocycles. The first-order valence-electron chi connectivity index (χ1n) is 10.8. The summed E-state index contributed by atoms with van der Waals surface area (Å²) < 4.78 is 1.96. The molecule has 3 N–H and O–H groups in total. The highest BCUT2D eigenvalue weighted by molar-refractivity contribution is 7.20. The lowest BCUT2D eigenvalue weighted by Crippen LogP contribution is -2.34. The van der Waals surface area contributed by atoms with Gasteiger partial charge in [-0.05, 0) is 50.1 Å². The van der Waals surface area contributed by atoms with Gasteiger partial charge >= 0.3 is 6.03 Å². The summed E-state index contributed by atoms with van der Waals surface area (Å²) in [6.45, 7) is 6.85. The molecule has 33 heavy (non-hydrogen) atoms. The van der Waals surface area contributed by atoms with Crippen LogP contribution in [-0.2, 0) is 13.1 Å². The quantitative estimate of drug-likeness (QED) is 0.365. The molecule has 0 aliphatic carbocycles. The molecule has 2 aromatic heterocycles. The summed E-state index contributed by atoms with van der Waals surface area (Å²) in [7, 11) is 0. The largest absolute Gasteiger partial charge is 0.347 e. The fourth-order valence-electron chi connectivity index (χ4n) is 3.49. The number of hydrogen-bond donors (Lipinski definition) is 3. The van der Waals surface area contributed by atoms with E-state index in [1.165, 1.54) is 16.9 Å². The van der Waals surface area contributed by atoms with Crippen LogP contribution in [0.5, 0.6) is 0 Å². The number of urea groups is 1. The Morgan fingerprint density at radius 1 is 1.03 bits per heavy atom. The number of rotatable bonds is 7. The normalized spacial score (nSPS) is 11.0. The molecule has 0 bridgehead atoms. The molecule has 170 valence electrons. The van der Waals surface area contributed by atoms with Crippen LogP contribution >= 0.6 is 11.3 Å². The van der Waals surface area contributed by atoms with Gasteiger partial charge in [0.05, 0.1) is 17.1 Å². The number of aryl methyl sites for hydroxylation is 1. The van der Waals surface area contributed by atoms with Crippen molar-refractivity contribution >= 4 is 39.2 Å². The minimum absolute atomic E-state index is 0.0681. The van der Waals surface area contributed by atoms with Gasteiger partial charge < -0.3 is 16.0 Å². The van der Waals surface area contributed by atoms with Gasteiger partial charge in [0.2, 0.25) is 0 Å². The molecule has 0 aliphatic rings. The first-order chi connectivity index (χ1) is 15.9. The number of nitrogens with one attached hydrogen (secondary N) is 3. The van der Waals surface area contributed by atoms with Crippen LogP contribution in [-0.4, -0.2) is 27.8 Å². The Morgan fingerprint density at radius 3 is 2.45 bits per heavy atom. The lowest BCUT2D eigenvalue weighted by atomic mass is 10.2. The fraction of sp³-hybridized carbons (Fsp3) is 0.240. The Hall–Kier alpha value is -3.65. The highest BCUT2D eigenvalue weighted by Crippen LogP contribution is 2.29. The molecule has 0 unspecified atom stereocenters. The summed E-state index contributed by atoms with van der Waals surface area (Å²) in [4.78, 5) is 26.2. The van der Waals surface area contributed by atoms with Gasteiger partial charge in [-0.2, -0.15) is 5.10 Å². The summed E-state index contributed by atoms with van der Waals surface area (Å²) in [6.07, 6.45) is 0. The second-order valence-corrected chi connectivity index (χ2v) is 9.22. The zero-order valence-corrected chi connectivity index (χ0v) is 19.7. The van der Waals surface area contributed by atoms with E-state index in [-0.39, 0.29) is 18.0 Å². The van der Waals surface area contributed by atoms with Crippen LogP contribution in [0.25, 0.3) is 10.2 Å². The summed E-state index contributed by atoms with van der Waals surface area (Å²) >= 11 is 1.46. The van der Waals surface area contributed by atoms with Crippen LogP contribution in [0.3, 0.4) is 0 Å². The van der Waals surface area contributed by atoms with E-state index in [2.05, 4.69) is 33.2 Å². The van der Waals surface area contributed by atoms with Gasteiger partial charge in [-0.15, -0.1) is 11.3 Å². The Kier molecular flexibility index (Phi) is 6.74. The molecule has 4 aromatic rings. The third-order valence-electron chi connectivity index (χ3n) is 5.09. The third kappa shape index (κ3) is 5.59. The Balaban J connectivity index is 1.39. The molecule has 0 saturated carbocycles. The van der Waals surface area contributed by atoms with Crippen molar-refractivity contribution in [3.05, 3.63) is 82.4 Å². The van der Waals surface area contributed by atoms with Gasteiger partial charge in [-0.1, -0.05) is 42.5 Å². The number of amides is 3. The van der Waals surface area contributed by atoms with Crippen LogP contribution in [0.15, 0.2) is 60.7 Å². The predicted octanol–water partition coefficient (Wildman–Crippen LogP) is 4.91. The first-order valence-corrected chi connectivity index (χ1v) is 11.7. The van der Waals surface area contributed by atoms with Crippen LogP contribution < -0.4 is 16.0 Å². The van der Waals surface area contributed by atoms with Gasteiger partial charge in [0.15, 0.2) is 0 Å². The number of hydrogen-bond acceptors (Lipinski definition) is 4. The number of benzene rings is 2. The number of anilines is 1. The average Bonchev–Trinajstić information content (AvgIpc) is 3.34. The van der Waals surface area contributed by atoms with Crippen LogP contribution in [0.1, 0.15) is 40.3 Å². The van der Waals surface area contributed by atoms with Crippen LogP contribution in [0.4, 0.5) is 10.5 Å². The van der Waals surface area contributed by atoms with E-state index < -0.39 is 0 Å². The molecule has 8 heteroatoms. The van der Waals surface area contributed by atoms with Crippen molar-refractivity contribution in [2.45, 2.75) is 39.9 Å². The third-order valence-corrected chi connectivity index (χ3v) is 6.24. The molecule has 0 saturated heterocycles. The highest BCUT2D eigenvalue weighted by atomic mass is 32.1. The van der Waals surface area contributed by atoms with Gasteiger partial charge in [0.1, 0.15) is 4.83 Å². The number of thiophene rings is 1. The number of nitrogens with zero attached hydrogens (tertiary/aromatic N) is 2. The zero-order chi connectivity index (χ0) is 23.4. The maximum Gasteiger partial charge on any atom is 0.319 e. The first kappa shape index (κ1) is 22.5. The molecule has 3 amide bonds. The predicted molar refractivity (Wildman–Crippen MR) is 133 cm³/mol. The monoisotopic (exact) mass is 461 g/mol. The van der Waals surface area contributed by atoms with Crippen molar-refractivity contribution in [1.82, 2.24) is 20.4 Å². The van der Waals surface area contributed by atoms with Crippen molar-refractivity contribution in [2.24, 2.45) is 0 Å². The summed E-state index contributed by atoms with van der Waals surface area (Å²) in [5.74, 6) is -0.111. The molecule has 2 heterocycles. The number of carbonyl (C=O) groups is 2. The molecular formula is C25H27N5O2S. The standard InChI is InChI=1S/C25H27N5O2S/c1-16(2)27-25(32)28-20-11-9-18(10-12-20)14-26-23(31)22-13-21-17(3)29-30(24(21)33-22)15-19-7-5-4-6-8-19/h4-13,16H,14-15H2,1-3H3,(H,26,31)(H2,27,28,32). The van der Waals surface area contributed by atoms with Crippen molar-refractivity contribution in [3.8, 4) is 0 Å². The summed E-state index contributed by atoms with van der Waals surface area (Å²) in [5, 5.41) is 14.2. The van der Waals surface area contributed by atoms with E-state index in [0.29, 0.717) is 23.7 Å². The summed E-state index contributed by atoms with van der Waals surface area (Å²) in [5.41, 5.74) is 3.73. The van der Waals surface area contributed by atoms with E-state index in [0.717, 1.165) is 21.5 Å². The molecule has 0 radical (unpaired) electrons. The molecule has 4 rings (SSSR count). The second kappa shape index (κ2) is 9.87. The molecule has 0 atom stereocenters. The van der Waals surface area contributed by atoms with Crippen molar-refractivity contribution in [2.75, 3.05) is 5.32 Å². The van der Waals surface area contributed by atoms with Crippen LogP contribution in [0, 0.1) is 6.92 Å². The maximum absolute atomic E-state index is 12.8. The minimum Gasteiger partial charge on any atom is -0.347 e. The second-order valence-electron chi connectivity index (χ2n) is 8.19. The lowest BCUT2D eigenvalue weighted by Gasteiger charge is -2.10. The maximum atomic E-state index is 12.8. The van der Waals surface area contributed by atoms with Gasteiger partial charge in [-0.3, -0.25) is 9.48 Å². The van der Waals surface area contributed by atoms with Crippen molar-refractivity contribution in [3.63, 3.8) is 0 Å². The SMILES string of the molecule is Cc1nn(Cc2ccccc2)c2sc(C(=O)NCc3ccc(NC(=O)NC(C)C)cc3)cc12. The minimum atomic E-state index is -0.239. The lowest BCUT2D eigenvalue weighted by molar-refractivity contribution is 0.0955. The topological polar surface area (TPSA) is 88.1 Å². The van der Waals surface area contributed by atoms with E-state index in [1.54, 1.807) is 0 Å². The van der Waals surface area contributed by atoms with Gasteiger partial charge in [0.25, 0.3) is 5.91 Å². The van der Waals surface area contributed by atoms with E-state index in [4.69, 9.17) is 0 Å². The molecule has 0 fully saturated rings. The van der Waals surface area contributed by atoms with Crippen LogP contribution in [0.2, 0.25) is 0 Å².